The van der Waals surface area contributed by atoms with E-state index in [1.165, 1.54) is 6.07 Å². The van der Waals surface area contributed by atoms with Gasteiger partial charge >= 0.3 is 6.09 Å². The highest BCUT2D eigenvalue weighted by Crippen LogP contribution is 2.27. The Morgan fingerprint density at radius 2 is 2.06 bits per heavy atom. The van der Waals surface area contributed by atoms with Crippen molar-refractivity contribution in [2.24, 2.45) is 0 Å². The SMILES string of the molecule is CC(C)(C)OC(=O)Nc1ccc(F)c(C=O)c1Cl. The average Bonchev–Trinajstić information content (AvgIpc) is 2.20. The largest absolute Gasteiger partial charge is 0.444 e. The number of amides is 1. The summed E-state index contributed by atoms with van der Waals surface area (Å²) >= 11 is 5.79. The number of anilines is 1. The molecule has 0 heterocycles. The van der Waals surface area contributed by atoms with E-state index in [9.17, 15) is 14.0 Å². The van der Waals surface area contributed by atoms with Gasteiger partial charge in [-0.3, -0.25) is 10.1 Å². The second-order valence-electron chi connectivity index (χ2n) is 4.57. The molecule has 1 aromatic rings. The van der Waals surface area contributed by atoms with E-state index in [0.717, 1.165) is 6.07 Å². The number of hydrogen-bond acceptors (Lipinski definition) is 3. The molecule has 0 fully saturated rings. The molecule has 0 saturated carbocycles. The predicted octanol–water partition coefficient (Wildman–Crippen LogP) is 3.64. The van der Waals surface area contributed by atoms with Crippen molar-refractivity contribution in [3.8, 4) is 0 Å². The summed E-state index contributed by atoms with van der Waals surface area (Å²) in [5.74, 6) is -0.746. The molecular formula is C12H13ClFNO3. The number of benzene rings is 1. The molecule has 0 aliphatic heterocycles. The van der Waals surface area contributed by atoms with Crippen LogP contribution in [0.1, 0.15) is 31.1 Å². The molecule has 0 radical (unpaired) electrons. The lowest BCUT2D eigenvalue weighted by atomic mass is 10.2. The summed E-state index contributed by atoms with van der Waals surface area (Å²) in [7, 11) is 0. The summed E-state index contributed by atoms with van der Waals surface area (Å²) in [4.78, 5) is 22.1. The molecule has 6 heteroatoms. The highest BCUT2D eigenvalue weighted by Gasteiger charge is 2.18. The minimum Gasteiger partial charge on any atom is -0.444 e. The van der Waals surface area contributed by atoms with Crippen LogP contribution in [0.5, 0.6) is 0 Å². The van der Waals surface area contributed by atoms with Crippen LogP contribution in [0, 0.1) is 5.82 Å². The Balaban J connectivity index is 2.93. The van der Waals surface area contributed by atoms with Gasteiger partial charge in [-0.1, -0.05) is 11.6 Å². The minimum absolute atomic E-state index is 0.120. The van der Waals surface area contributed by atoms with E-state index in [0.29, 0.717) is 0 Å². The van der Waals surface area contributed by atoms with Crippen molar-refractivity contribution in [3.63, 3.8) is 0 Å². The van der Waals surface area contributed by atoms with Crippen molar-refractivity contribution in [2.75, 3.05) is 5.32 Å². The van der Waals surface area contributed by atoms with Gasteiger partial charge in [-0.05, 0) is 32.9 Å². The van der Waals surface area contributed by atoms with E-state index in [1.54, 1.807) is 20.8 Å². The van der Waals surface area contributed by atoms with E-state index in [-0.39, 0.29) is 22.6 Å². The normalized spacial score (nSPS) is 10.9. The van der Waals surface area contributed by atoms with Crippen LogP contribution in [0.2, 0.25) is 5.02 Å². The van der Waals surface area contributed by atoms with Crippen molar-refractivity contribution >= 4 is 29.7 Å². The topological polar surface area (TPSA) is 55.4 Å². The van der Waals surface area contributed by atoms with E-state index in [2.05, 4.69) is 5.32 Å². The molecule has 0 aromatic heterocycles. The first kappa shape index (κ1) is 14.4. The van der Waals surface area contributed by atoms with Gasteiger partial charge in [0.2, 0.25) is 0 Å². The Kier molecular flexibility index (Phi) is 4.29. The van der Waals surface area contributed by atoms with Crippen LogP contribution < -0.4 is 5.32 Å². The van der Waals surface area contributed by atoms with Crippen LogP contribution in [-0.2, 0) is 4.74 Å². The van der Waals surface area contributed by atoms with Crippen molar-refractivity contribution in [1.82, 2.24) is 0 Å². The summed E-state index contributed by atoms with van der Waals surface area (Å²) in [6.07, 6.45) is -0.439. The first-order chi connectivity index (χ1) is 8.24. The van der Waals surface area contributed by atoms with Crippen LogP contribution in [0.25, 0.3) is 0 Å². The molecule has 1 N–H and O–H groups in total. The number of aldehydes is 1. The van der Waals surface area contributed by atoms with Crippen LogP contribution >= 0.6 is 11.6 Å². The summed E-state index contributed by atoms with van der Waals surface area (Å²) in [6, 6.07) is 2.30. The Morgan fingerprint density at radius 1 is 1.44 bits per heavy atom. The molecule has 0 atom stereocenters. The quantitative estimate of drug-likeness (QED) is 0.837. The first-order valence-electron chi connectivity index (χ1n) is 5.18. The van der Waals surface area contributed by atoms with Gasteiger partial charge < -0.3 is 4.74 Å². The highest BCUT2D eigenvalue weighted by molar-refractivity contribution is 6.36. The summed E-state index contributed by atoms with van der Waals surface area (Å²) in [5.41, 5.74) is -0.844. The maximum Gasteiger partial charge on any atom is 0.412 e. The molecule has 1 amide bonds. The Labute approximate surface area is 109 Å². The molecule has 98 valence electrons. The molecule has 0 bridgehead atoms. The summed E-state index contributed by atoms with van der Waals surface area (Å²) < 4.78 is 18.2. The fourth-order valence-corrected chi connectivity index (χ4v) is 1.43. The number of ether oxygens (including phenoxy) is 1. The molecule has 1 aromatic carbocycles. The van der Waals surface area contributed by atoms with E-state index in [4.69, 9.17) is 16.3 Å². The number of hydrogen-bond donors (Lipinski definition) is 1. The van der Waals surface area contributed by atoms with Crippen molar-refractivity contribution < 1.29 is 18.7 Å². The molecule has 18 heavy (non-hydrogen) atoms. The zero-order chi connectivity index (χ0) is 13.9. The third kappa shape index (κ3) is 3.70. The Hall–Kier alpha value is -1.62. The van der Waals surface area contributed by atoms with Crippen LogP contribution in [-0.4, -0.2) is 18.0 Å². The van der Waals surface area contributed by atoms with Crippen molar-refractivity contribution in [3.05, 3.63) is 28.5 Å². The van der Waals surface area contributed by atoms with Gasteiger partial charge in [0, 0.05) is 0 Å². The Morgan fingerprint density at radius 3 is 2.56 bits per heavy atom. The van der Waals surface area contributed by atoms with Gasteiger partial charge in [-0.25, -0.2) is 9.18 Å². The zero-order valence-electron chi connectivity index (χ0n) is 10.2. The van der Waals surface area contributed by atoms with Gasteiger partial charge in [0.1, 0.15) is 11.4 Å². The maximum atomic E-state index is 13.2. The smallest absolute Gasteiger partial charge is 0.412 e. The molecule has 0 spiro atoms. The molecule has 4 nitrogen and oxygen atoms in total. The average molecular weight is 274 g/mol. The monoisotopic (exact) mass is 273 g/mol. The van der Waals surface area contributed by atoms with Gasteiger partial charge in [-0.2, -0.15) is 0 Å². The van der Waals surface area contributed by atoms with Crippen LogP contribution in [0.3, 0.4) is 0 Å². The van der Waals surface area contributed by atoms with Crippen molar-refractivity contribution in [2.45, 2.75) is 26.4 Å². The lowest BCUT2D eigenvalue weighted by Gasteiger charge is -2.20. The lowest BCUT2D eigenvalue weighted by molar-refractivity contribution is 0.0635. The van der Waals surface area contributed by atoms with Gasteiger partial charge in [0.05, 0.1) is 16.3 Å². The third-order valence-electron chi connectivity index (χ3n) is 1.88. The third-order valence-corrected chi connectivity index (χ3v) is 2.29. The number of rotatable bonds is 2. The van der Waals surface area contributed by atoms with Crippen LogP contribution in [0.4, 0.5) is 14.9 Å². The zero-order valence-corrected chi connectivity index (χ0v) is 11.0. The second-order valence-corrected chi connectivity index (χ2v) is 4.95. The first-order valence-corrected chi connectivity index (χ1v) is 5.55. The standard InChI is InChI=1S/C12H13ClFNO3/c1-12(2,3)18-11(17)15-9-5-4-8(14)7(6-16)10(9)13/h4-6H,1-3H3,(H,15,17). The minimum atomic E-state index is -0.746. The molecule has 0 unspecified atom stereocenters. The maximum absolute atomic E-state index is 13.2. The highest BCUT2D eigenvalue weighted by atomic mass is 35.5. The summed E-state index contributed by atoms with van der Waals surface area (Å²) in [5, 5.41) is 2.19. The van der Waals surface area contributed by atoms with Gasteiger partial charge in [0.25, 0.3) is 0 Å². The number of carbonyl (C=O) groups is 2. The fourth-order valence-electron chi connectivity index (χ4n) is 1.19. The molecule has 1 rings (SSSR count). The lowest BCUT2D eigenvalue weighted by Crippen LogP contribution is -2.27. The molecule has 0 aliphatic rings. The molecule has 0 aliphatic carbocycles. The van der Waals surface area contributed by atoms with E-state index in [1.807, 2.05) is 0 Å². The number of halogens is 2. The van der Waals surface area contributed by atoms with E-state index < -0.39 is 17.5 Å². The van der Waals surface area contributed by atoms with E-state index >= 15 is 0 Å². The fraction of sp³-hybridized carbons (Fsp3) is 0.333. The predicted molar refractivity (Wildman–Crippen MR) is 66.7 cm³/mol. The molecular weight excluding hydrogens is 261 g/mol. The number of nitrogens with one attached hydrogen (secondary N) is 1. The van der Waals surface area contributed by atoms with Gasteiger partial charge in [-0.15, -0.1) is 0 Å². The molecule has 0 saturated heterocycles. The van der Waals surface area contributed by atoms with Crippen LogP contribution in [0.15, 0.2) is 12.1 Å². The summed E-state index contributed by atoms with van der Waals surface area (Å²) in [6.45, 7) is 5.11. The second kappa shape index (κ2) is 5.35. The van der Waals surface area contributed by atoms with Crippen molar-refractivity contribution in [1.29, 1.82) is 0 Å². The number of carbonyl (C=O) groups excluding carboxylic acids is 2. The van der Waals surface area contributed by atoms with Gasteiger partial charge in [0.15, 0.2) is 6.29 Å². The Bertz CT molecular complexity index is 483.